The fraction of sp³-hybridized carbons (Fsp3) is 0.778. The van der Waals surface area contributed by atoms with Gasteiger partial charge in [0.15, 0.2) is 0 Å². The van der Waals surface area contributed by atoms with Crippen molar-refractivity contribution in [3.8, 4) is 0 Å². The highest BCUT2D eigenvalue weighted by Crippen LogP contribution is 2.22. The van der Waals surface area contributed by atoms with Gasteiger partial charge in [-0.25, -0.2) is 0 Å². The molecule has 0 heterocycles. The van der Waals surface area contributed by atoms with Gasteiger partial charge in [0.25, 0.3) is 0 Å². The van der Waals surface area contributed by atoms with Crippen molar-refractivity contribution in [2.24, 2.45) is 5.73 Å². The lowest BCUT2D eigenvalue weighted by Gasteiger charge is -2.32. The average molecular weight is 154 g/mol. The summed E-state index contributed by atoms with van der Waals surface area (Å²) in [6, 6.07) is 0.654. The Bertz CT molecular complexity index is 136. The molecule has 2 nitrogen and oxygen atoms in total. The molecular weight excluding hydrogens is 136 g/mol. The molecule has 0 aromatic rings. The van der Waals surface area contributed by atoms with Gasteiger partial charge in [-0.2, -0.15) is 0 Å². The van der Waals surface area contributed by atoms with Crippen molar-refractivity contribution < 1.29 is 0 Å². The van der Waals surface area contributed by atoms with Crippen LogP contribution in [0.1, 0.15) is 32.1 Å². The first-order chi connectivity index (χ1) is 5.22. The lowest BCUT2D eigenvalue weighted by Crippen LogP contribution is -2.35. The van der Waals surface area contributed by atoms with Gasteiger partial charge < -0.3 is 10.6 Å². The Balaban J connectivity index is 2.38. The molecule has 1 aliphatic rings. The fourth-order valence-corrected chi connectivity index (χ4v) is 1.70. The van der Waals surface area contributed by atoms with Crippen LogP contribution >= 0.6 is 0 Å². The van der Waals surface area contributed by atoms with Crippen LogP contribution in [0.25, 0.3) is 0 Å². The van der Waals surface area contributed by atoms with Crippen molar-refractivity contribution in [3.63, 3.8) is 0 Å². The van der Waals surface area contributed by atoms with Crippen molar-refractivity contribution in [1.82, 2.24) is 4.90 Å². The van der Waals surface area contributed by atoms with Gasteiger partial charge in [-0.1, -0.05) is 25.8 Å². The van der Waals surface area contributed by atoms with Crippen molar-refractivity contribution in [3.05, 3.63) is 12.4 Å². The van der Waals surface area contributed by atoms with E-state index in [4.69, 9.17) is 5.73 Å². The molecular formula is C9H18N2. The summed E-state index contributed by atoms with van der Waals surface area (Å²) in [5.74, 6) is 0.705. The summed E-state index contributed by atoms with van der Waals surface area (Å²) in [5.41, 5.74) is 5.60. The van der Waals surface area contributed by atoms with Gasteiger partial charge in [-0.05, 0) is 12.8 Å². The third kappa shape index (κ3) is 2.14. The maximum Gasteiger partial charge on any atom is 0.0912 e. The van der Waals surface area contributed by atoms with E-state index in [1.807, 2.05) is 7.05 Å². The second-order valence-corrected chi connectivity index (χ2v) is 3.39. The summed E-state index contributed by atoms with van der Waals surface area (Å²) < 4.78 is 0. The first-order valence-electron chi connectivity index (χ1n) is 4.39. The number of hydrogen-bond donors (Lipinski definition) is 1. The fourth-order valence-electron chi connectivity index (χ4n) is 1.70. The topological polar surface area (TPSA) is 29.3 Å². The minimum absolute atomic E-state index is 0.654. The quantitative estimate of drug-likeness (QED) is 0.655. The summed E-state index contributed by atoms with van der Waals surface area (Å²) in [4.78, 5) is 2.11. The molecule has 0 unspecified atom stereocenters. The van der Waals surface area contributed by atoms with E-state index in [1.54, 1.807) is 0 Å². The summed E-state index contributed by atoms with van der Waals surface area (Å²) in [6.45, 7) is 3.73. The predicted octanol–water partition coefficient (Wildman–Crippen LogP) is 1.68. The first-order valence-corrected chi connectivity index (χ1v) is 4.39. The number of nitrogens with two attached hydrogens (primary N) is 1. The van der Waals surface area contributed by atoms with Crippen LogP contribution in [0, 0.1) is 0 Å². The molecule has 0 atom stereocenters. The molecule has 0 spiro atoms. The van der Waals surface area contributed by atoms with Crippen LogP contribution in [0.4, 0.5) is 0 Å². The minimum Gasteiger partial charge on any atom is -0.386 e. The van der Waals surface area contributed by atoms with E-state index in [2.05, 4.69) is 11.5 Å². The number of nitrogens with zero attached hydrogens (tertiary/aromatic N) is 1. The molecule has 0 saturated heterocycles. The molecule has 2 heteroatoms. The number of rotatable bonds is 2. The average Bonchev–Trinajstić information content (AvgIpc) is 2.05. The Hall–Kier alpha value is -0.660. The molecule has 1 saturated carbocycles. The zero-order valence-corrected chi connectivity index (χ0v) is 7.34. The van der Waals surface area contributed by atoms with Crippen LogP contribution in [-0.2, 0) is 0 Å². The molecule has 11 heavy (non-hydrogen) atoms. The van der Waals surface area contributed by atoms with Gasteiger partial charge in [0, 0.05) is 13.1 Å². The molecule has 0 aromatic heterocycles. The van der Waals surface area contributed by atoms with Crippen LogP contribution in [-0.4, -0.2) is 18.0 Å². The van der Waals surface area contributed by atoms with Gasteiger partial charge >= 0.3 is 0 Å². The van der Waals surface area contributed by atoms with Crippen LogP contribution in [0.5, 0.6) is 0 Å². The summed E-state index contributed by atoms with van der Waals surface area (Å²) in [7, 11) is 2.04. The van der Waals surface area contributed by atoms with Gasteiger partial charge in [0.1, 0.15) is 0 Å². The highest BCUT2D eigenvalue weighted by molar-refractivity contribution is 4.89. The Morgan fingerprint density at radius 2 is 1.91 bits per heavy atom. The minimum atomic E-state index is 0.654. The number of hydrogen-bond acceptors (Lipinski definition) is 2. The molecule has 0 bridgehead atoms. The SMILES string of the molecule is C=C(N)N(C)C1CCCCC1. The van der Waals surface area contributed by atoms with Crippen molar-refractivity contribution in [2.45, 2.75) is 38.1 Å². The van der Waals surface area contributed by atoms with Gasteiger partial charge in [-0.15, -0.1) is 0 Å². The first kappa shape index (κ1) is 8.44. The lowest BCUT2D eigenvalue weighted by molar-refractivity contribution is 0.235. The molecule has 1 aliphatic carbocycles. The third-order valence-electron chi connectivity index (χ3n) is 2.58. The van der Waals surface area contributed by atoms with Crippen LogP contribution < -0.4 is 5.73 Å². The normalized spacial score (nSPS) is 19.7. The smallest absolute Gasteiger partial charge is 0.0912 e. The summed E-state index contributed by atoms with van der Waals surface area (Å²) >= 11 is 0. The zero-order valence-electron chi connectivity index (χ0n) is 7.34. The molecule has 2 N–H and O–H groups in total. The largest absolute Gasteiger partial charge is 0.386 e. The maximum absolute atomic E-state index is 5.60. The molecule has 0 radical (unpaired) electrons. The highest BCUT2D eigenvalue weighted by atomic mass is 15.2. The van der Waals surface area contributed by atoms with Gasteiger partial charge in [-0.3, -0.25) is 0 Å². The van der Waals surface area contributed by atoms with E-state index in [1.165, 1.54) is 32.1 Å². The molecule has 1 fully saturated rings. The van der Waals surface area contributed by atoms with Crippen molar-refractivity contribution in [2.75, 3.05) is 7.05 Å². The molecule has 0 amide bonds. The van der Waals surface area contributed by atoms with Crippen LogP contribution in [0.2, 0.25) is 0 Å². The van der Waals surface area contributed by atoms with E-state index >= 15 is 0 Å². The summed E-state index contributed by atoms with van der Waals surface area (Å²) in [5, 5.41) is 0. The Labute approximate surface area is 69.1 Å². The Morgan fingerprint density at radius 3 is 2.36 bits per heavy atom. The van der Waals surface area contributed by atoms with E-state index in [0.717, 1.165) is 0 Å². The standard InChI is InChI=1S/C9H18N2/c1-8(10)11(2)9-6-4-3-5-7-9/h9H,1,3-7,10H2,2H3. The van der Waals surface area contributed by atoms with Crippen LogP contribution in [0.3, 0.4) is 0 Å². The Kier molecular flexibility index (Phi) is 2.80. The molecule has 1 rings (SSSR count). The van der Waals surface area contributed by atoms with E-state index in [0.29, 0.717) is 11.9 Å². The molecule has 0 aliphatic heterocycles. The van der Waals surface area contributed by atoms with E-state index in [9.17, 15) is 0 Å². The summed E-state index contributed by atoms with van der Waals surface area (Å²) in [6.07, 6.45) is 6.66. The second-order valence-electron chi connectivity index (χ2n) is 3.39. The third-order valence-corrected chi connectivity index (χ3v) is 2.58. The Morgan fingerprint density at radius 1 is 1.36 bits per heavy atom. The second kappa shape index (κ2) is 3.65. The lowest BCUT2D eigenvalue weighted by atomic mass is 9.95. The van der Waals surface area contributed by atoms with Gasteiger partial charge in [0.2, 0.25) is 0 Å². The van der Waals surface area contributed by atoms with Crippen LogP contribution in [0.15, 0.2) is 12.4 Å². The van der Waals surface area contributed by atoms with Crippen molar-refractivity contribution in [1.29, 1.82) is 0 Å². The maximum atomic E-state index is 5.60. The predicted molar refractivity (Wildman–Crippen MR) is 48.0 cm³/mol. The van der Waals surface area contributed by atoms with E-state index < -0.39 is 0 Å². The van der Waals surface area contributed by atoms with E-state index in [-0.39, 0.29) is 0 Å². The highest BCUT2D eigenvalue weighted by Gasteiger charge is 2.17. The monoisotopic (exact) mass is 154 g/mol. The molecule has 0 aromatic carbocycles. The van der Waals surface area contributed by atoms with Crippen molar-refractivity contribution >= 4 is 0 Å². The van der Waals surface area contributed by atoms with Gasteiger partial charge in [0.05, 0.1) is 5.82 Å². The molecule has 64 valence electrons. The zero-order chi connectivity index (χ0) is 8.27.